The molecule has 11 rings (SSSR count). The lowest BCUT2D eigenvalue weighted by atomic mass is 9.85. The Hall–Kier alpha value is -6.70. The maximum absolute atomic E-state index is 9.43. The smallest absolute Gasteiger partial charge is 0.136 e. The van der Waals surface area contributed by atoms with Crippen LogP contribution in [0.1, 0.15) is 11.0 Å². The van der Waals surface area contributed by atoms with Gasteiger partial charge < -0.3 is 4.42 Å². The molecule has 0 radical (unpaired) electrons. The fraction of sp³-hybridized carbons (Fsp3) is 0. The molecule has 0 saturated carbocycles. The third kappa shape index (κ3) is 4.28. The van der Waals surface area contributed by atoms with Gasteiger partial charge in [-0.3, -0.25) is 0 Å². The molecule has 1 nitrogen and oxygen atoms in total. The van der Waals surface area contributed by atoms with E-state index >= 15 is 0 Å². The Balaban J connectivity index is 1.26. The van der Waals surface area contributed by atoms with Crippen molar-refractivity contribution in [3.05, 3.63) is 182 Å². The number of rotatable bonds is 3. The first kappa shape index (κ1) is 21.4. The minimum absolute atomic E-state index is 0.187. The predicted octanol–water partition coefficient (Wildman–Crippen LogP) is 14.4. The van der Waals surface area contributed by atoms with Gasteiger partial charge in [0.2, 0.25) is 0 Å². The number of benzene rings is 10. The number of furan rings is 1. The molecule has 0 fully saturated rings. The first-order valence-electron chi connectivity index (χ1n) is 20.9. The van der Waals surface area contributed by atoms with E-state index in [-0.39, 0.29) is 45.7 Å². The molecule has 1 aromatic heterocycles. The van der Waals surface area contributed by atoms with Gasteiger partial charge in [0.15, 0.2) is 0 Å². The van der Waals surface area contributed by atoms with Gasteiger partial charge in [-0.25, -0.2) is 0 Å². The third-order valence-corrected chi connectivity index (χ3v) is 10.3. The number of hydrogen-bond acceptors (Lipinski definition) is 1. The van der Waals surface area contributed by atoms with Crippen LogP contribution in [0, 0.1) is 0 Å². The number of hydrogen-bond donors (Lipinski definition) is 0. The molecule has 0 unspecified atom stereocenters. The summed E-state index contributed by atoms with van der Waals surface area (Å²) in [6.07, 6.45) is 0. The molecule has 0 N–H and O–H groups in total. The van der Waals surface area contributed by atoms with Crippen molar-refractivity contribution in [1.29, 1.82) is 0 Å². The Morgan fingerprint density at radius 2 is 0.882 bits per heavy atom. The lowest BCUT2D eigenvalue weighted by Gasteiger charge is -2.18. The molecule has 11 aromatic rings. The second-order valence-corrected chi connectivity index (χ2v) is 13.0. The molecule has 0 atom stereocenters. The lowest BCUT2D eigenvalue weighted by molar-refractivity contribution is 0.669. The molecule has 0 aliphatic heterocycles. The normalized spacial score (nSPS) is 14.1. The Kier molecular flexibility index (Phi) is 4.57. The summed E-state index contributed by atoms with van der Waals surface area (Å²) in [6, 6.07) is 41.0. The van der Waals surface area contributed by atoms with E-state index in [1.807, 2.05) is 109 Å². The quantitative estimate of drug-likeness (QED) is 0.173. The van der Waals surface area contributed by atoms with E-state index in [4.69, 9.17) is 9.90 Å². The molecule has 1 heteroatoms. The van der Waals surface area contributed by atoms with Gasteiger partial charge in [-0.2, -0.15) is 0 Å². The summed E-state index contributed by atoms with van der Waals surface area (Å²) in [5, 5.41) is 8.63. The van der Waals surface area contributed by atoms with Crippen molar-refractivity contribution in [2.24, 2.45) is 0 Å². The number of fused-ring (bicyclic) bond motifs is 9. The second kappa shape index (κ2) is 10.9. The maximum Gasteiger partial charge on any atom is 0.136 e. The Labute approximate surface area is 305 Å². The Bertz CT molecular complexity index is 3580. The second-order valence-electron chi connectivity index (χ2n) is 13.0. The molecule has 0 saturated heterocycles. The molecule has 1 heterocycles. The molecule has 0 spiro atoms. The van der Waals surface area contributed by atoms with Crippen LogP contribution in [-0.2, 0) is 0 Å². The van der Waals surface area contributed by atoms with Gasteiger partial charge in [-0.15, -0.1) is 0 Å². The van der Waals surface area contributed by atoms with Crippen LogP contribution in [0.25, 0.3) is 109 Å². The molecule has 0 amide bonds. The largest absolute Gasteiger partial charge is 0.456 e. The van der Waals surface area contributed by atoms with Crippen LogP contribution in [-0.4, -0.2) is 0 Å². The summed E-state index contributed by atoms with van der Waals surface area (Å²) in [7, 11) is 0. The van der Waals surface area contributed by atoms with E-state index < -0.39 is 24.2 Å². The first-order valence-corrected chi connectivity index (χ1v) is 16.9. The minimum Gasteiger partial charge on any atom is -0.456 e. The molecule has 10 aromatic carbocycles. The van der Waals surface area contributed by atoms with Crippen LogP contribution in [0.4, 0.5) is 0 Å². The summed E-state index contributed by atoms with van der Waals surface area (Å²) in [6.45, 7) is 0. The highest BCUT2D eigenvalue weighted by atomic mass is 16.3. The van der Waals surface area contributed by atoms with Gasteiger partial charge >= 0.3 is 0 Å². The van der Waals surface area contributed by atoms with Crippen LogP contribution in [0.15, 0.2) is 186 Å². The lowest BCUT2D eigenvalue weighted by Crippen LogP contribution is -1.91. The van der Waals surface area contributed by atoms with E-state index in [0.29, 0.717) is 22.3 Å². The van der Waals surface area contributed by atoms with Gasteiger partial charge in [0.1, 0.15) is 11.2 Å². The van der Waals surface area contributed by atoms with Crippen molar-refractivity contribution in [3.63, 3.8) is 0 Å². The molecule has 0 aliphatic carbocycles. The summed E-state index contributed by atoms with van der Waals surface area (Å²) >= 11 is 0. The topological polar surface area (TPSA) is 13.1 Å². The zero-order chi connectivity index (χ0) is 40.4. The van der Waals surface area contributed by atoms with Crippen molar-refractivity contribution in [1.82, 2.24) is 0 Å². The Morgan fingerprint density at radius 1 is 0.353 bits per heavy atom. The highest BCUT2D eigenvalue weighted by molar-refractivity contribution is 6.23. The van der Waals surface area contributed by atoms with Crippen LogP contribution < -0.4 is 0 Å². The predicted molar refractivity (Wildman–Crippen MR) is 218 cm³/mol. The van der Waals surface area contributed by atoms with Crippen molar-refractivity contribution in [3.8, 4) is 33.4 Å². The molecular weight excluding hydrogens is 617 g/mol. The zero-order valence-corrected chi connectivity index (χ0v) is 27.1. The fourth-order valence-corrected chi connectivity index (χ4v) is 7.94. The van der Waals surface area contributed by atoms with E-state index in [9.17, 15) is 5.48 Å². The molecule has 0 aliphatic rings. The third-order valence-electron chi connectivity index (χ3n) is 10.3. The molecule has 0 bridgehead atoms. The average Bonchev–Trinajstić information content (AvgIpc) is 3.66. The summed E-state index contributed by atoms with van der Waals surface area (Å²) < 4.78 is 79.4. The van der Waals surface area contributed by atoms with Gasteiger partial charge in [-0.1, -0.05) is 151 Å². The average molecular weight is 655 g/mol. The van der Waals surface area contributed by atoms with Crippen LogP contribution >= 0.6 is 0 Å². The van der Waals surface area contributed by atoms with E-state index in [0.717, 1.165) is 65.4 Å². The van der Waals surface area contributed by atoms with E-state index in [1.165, 1.54) is 0 Å². The summed E-state index contributed by atoms with van der Waals surface area (Å²) in [4.78, 5) is 0. The minimum atomic E-state index is -0.428. The van der Waals surface area contributed by atoms with Gasteiger partial charge in [0, 0.05) is 10.8 Å². The van der Waals surface area contributed by atoms with Crippen LogP contribution in [0.2, 0.25) is 0 Å². The van der Waals surface area contributed by atoms with Crippen LogP contribution in [0.3, 0.4) is 0 Å². The Morgan fingerprint density at radius 3 is 1.63 bits per heavy atom. The molecule has 236 valence electrons. The highest BCUT2D eigenvalue weighted by Crippen LogP contribution is 2.45. The maximum atomic E-state index is 9.43. The molecular formula is C50H30O. The fourth-order valence-electron chi connectivity index (χ4n) is 7.94. The monoisotopic (exact) mass is 654 g/mol. The highest BCUT2D eigenvalue weighted by Gasteiger charge is 2.18. The first-order chi connectivity index (χ1) is 28.6. The van der Waals surface area contributed by atoms with Crippen molar-refractivity contribution in [2.45, 2.75) is 0 Å². The van der Waals surface area contributed by atoms with E-state index in [2.05, 4.69) is 24.3 Å². The summed E-state index contributed by atoms with van der Waals surface area (Å²) in [5.74, 6) is 0. The molecule has 51 heavy (non-hydrogen) atoms. The zero-order valence-electron chi connectivity index (χ0n) is 35.1. The summed E-state index contributed by atoms with van der Waals surface area (Å²) in [5.41, 5.74) is 5.23. The standard InChI is InChI=1S/C50H30O/c1-2-12-34-28-36(22-20-31(34)10-1)48-40-15-5-7-17-42(40)49(43-18-8-6-16-41(43)48)37-23-21-33-13-9-19-38(44(33)30-37)35-25-26-46-45(29-35)50-39-14-4-3-11-32(39)24-27-47(50)51-46/h1-30H/i5D,6D,7D,8D,15D,16D,17D,18D. The van der Waals surface area contributed by atoms with Crippen molar-refractivity contribution in [2.75, 3.05) is 0 Å². The van der Waals surface area contributed by atoms with Gasteiger partial charge in [0.25, 0.3) is 0 Å². The van der Waals surface area contributed by atoms with Gasteiger partial charge in [0.05, 0.1) is 11.0 Å². The SMILES string of the molecule is [2H]c1c([2H])c([2H])c2c(-c3ccc4cccc(-c5ccc6oc7ccc8ccccc8c7c6c5)c4c3)c3c([2H])c([2H])c([2H])c([2H])c3c(-c3ccc4ccccc4c3)c2c1[2H]. The van der Waals surface area contributed by atoms with E-state index in [1.54, 1.807) is 0 Å². The van der Waals surface area contributed by atoms with Gasteiger partial charge in [-0.05, 0) is 118 Å². The van der Waals surface area contributed by atoms with Crippen molar-refractivity contribution >= 4 is 75.8 Å². The van der Waals surface area contributed by atoms with Crippen LogP contribution in [0.5, 0.6) is 0 Å². The van der Waals surface area contributed by atoms with Crippen molar-refractivity contribution < 1.29 is 15.4 Å².